The van der Waals surface area contributed by atoms with Gasteiger partial charge in [-0.15, -0.1) is 0 Å². The molecule has 1 saturated heterocycles. The minimum absolute atomic E-state index is 0.170. The van der Waals surface area contributed by atoms with Gasteiger partial charge in [0.2, 0.25) is 0 Å². The van der Waals surface area contributed by atoms with Gasteiger partial charge in [-0.05, 0) is 57.2 Å². The van der Waals surface area contributed by atoms with Crippen LogP contribution in [0.25, 0.3) is 0 Å². The van der Waals surface area contributed by atoms with Crippen molar-refractivity contribution in [2.24, 2.45) is 11.1 Å². The Morgan fingerprint density at radius 3 is 2.17 bits per heavy atom. The van der Waals surface area contributed by atoms with Gasteiger partial charge in [-0.2, -0.15) is 0 Å². The Morgan fingerprint density at radius 2 is 1.61 bits per heavy atom. The predicted octanol–water partition coefficient (Wildman–Crippen LogP) is 3.55. The van der Waals surface area contributed by atoms with Crippen LogP contribution in [0, 0.1) is 5.41 Å². The molecule has 0 aromatic rings. The summed E-state index contributed by atoms with van der Waals surface area (Å²) in [7, 11) is 0. The SMILES string of the molecule is CCC1(C)CCN(CCC2(N)CCCCC2)CC1. The van der Waals surface area contributed by atoms with Crippen LogP contribution in [0.15, 0.2) is 0 Å². The lowest BCUT2D eigenvalue weighted by molar-refractivity contribution is 0.104. The number of nitrogens with zero attached hydrogens (tertiary/aromatic N) is 1. The second-order valence-electron chi connectivity index (χ2n) is 7.18. The van der Waals surface area contributed by atoms with Gasteiger partial charge in [0.1, 0.15) is 0 Å². The Bertz CT molecular complexity index is 248. The van der Waals surface area contributed by atoms with Crippen molar-refractivity contribution < 1.29 is 0 Å². The molecule has 0 unspecified atom stereocenters. The summed E-state index contributed by atoms with van der Waals surface area (Å²) in [6.45, 7) is 8.61. The van der Waals surface area contributed by atoms with E-state index < -0.39 is 0 Å². The summed E-state index contributed by atoms with van der Waals surface area (Å²) in [6.07, 6.45) is 11.9. The molecule has 0 atom stereocenters. The first kappa shape index (κ1) is 14.3. The van der Waals surface area contributed by atoms with Crippen LogP contribution in [0.4, 0.5) is 0 Å². The third kappa shape index (κ3) is 3.71. The van der Waals surface area contributed by atoms with E-state index in [-0.39, 0.29) is 5.54 Å². The highest BCUT2D eigenvalue weighted by atomic mass is 15.1. The maximum atomic E-state index is 6.53. The first-order valence-corrected chi connectivity index (χ1v) is 8.07. The molecule has 0 aromatic carbocycles. The second kappa shape index (κ2) is 5.92. The fourth-order valence-corrected chi connectivity index (χ4v) is 3.56. The molecular weight excluding hydrogens is 220 g/mol. The van der Waals surface area contributed by atoms with E-state index in [9.17, 15) is 0 Å². The second-order valence-corrected chi connectivity index (χ2v) is 7.18. The van der Waals surface area contributed by atoms with Gasteiger partial charge in [-0.3, -0.25) is 0 Å². The smallest absolute Gasteiger partial charge is 0.0166 e. The number of hydrogen-bond acceptors (Lipinski definition) is 2. The van der Waals surface area contributed by atoms with Crippen LogP contribution in [0.5, 0.6) is 0 Å². The Labute approximate surface area is 113 Å². The summed E-state index contributed by atoms with van der Waals surface area (Å²) < 4.78 is 0. The van der Waals surface area contributed by atoms with Gasteiger partial charge in [0.25, 0.3) is 0 Å². The molecule has 0 radical (unpaired) electrons. The minimum atomic E-state index is 0.170. The minimum Gasteiger partial charge on any atom is -0.325 e. The summed E-state index contributed by atoms with van der Waals surface area (Å²) in [6, 6.07) is 0. The standard InChI is InChI=1S/C16H32N2/c1-3-15(2)9-12-18(13-10-15)14-11-16(17)7-5-4-6-8-16/h3-14,17H2,1-2H3. The number of rotatable bonds is 4. The van der Waals surface area contributed by atoms with E-state index in [1.165, 1.54) is 77.4 Å². The van der Waals surface area contributed by atoms with Crippen molar-refractivity contribution in [3.05, 3.63) is 0 Å². The fraction of sp³-hybridized carbons (Fsp3) is 1.00. The molecule has 2 N–H and O–H groups in total. The highest BCUT2D eigenvalue weighted by Gasteiger charge is 2.31. The molecule has 1 aliphatic heterocycles. The molecule has 1 heterocycles. The average Bonchev–Trinajstić information content (AvgIpc) is 2.39. The molecule has 2 rings (SSSR count). The van der Waals surface area contributed by atoms with Gasteiger partial charge in [0, 0.05) is 5.54 Å². The Kier molecular flexibility index (Phi) is 4.71. The average molecular weight is 252 g/mol. The van der Waals surface area contributed by atoms with Crippen molar-refractivity contribution >= 4 is 0 Å². The molecule has 106 valence electrons. The van der Waals surface area contributed by atoms with E-state index in [0.29, 0.717) is 5.41 Å². The van der Waals surface area contributed by atoms with Crippen LogP contribution < -0.4 is 5.73 Å². The lowest BCUT2D eigenvalue weighted by Crippen LogP contribution is -2.46. The number of likely N-dealkylation sites (tertiary alicyclic amines) is 1. The molecular formula is C16H32N2. The van der Waals surface area contributed by atoms with E-state index >= 15 is 0 Å². The quantitative estimate of drug-likeness (QED) is 0.829. The molecule has 0 aromatic heterocycles. The van der Waals surface area contributed by atoms with Crippen molar-refractivity contribution in [2.75, 3.05) is 19.6 Å². The highest BCUT2D eigenvalue weighted by molar-refractivity contribution is 4.89. The lowest BCUT2D eigenvalue weighted by Gasteiger charge is -2.41. The molecule has 0 spiro atoms. The Hall–Kier alpha value is -0.0800. The van der Waals surface area contributed by atoms with Crippen LogP contribution in [-0.2, 0) is 0 Å². The zero-order valence-electron chi connectivity index (χ0n) is 12.5. The van der Waals surface area contributed by atoms with Crippen molar-refractivity contribution in [2.45, 2.75) is 77.2 Å². The molecule has 2 heteroatoms. The molecule has 1 aliphatic carbocycles. The normalized spacial score (nSPS) is 28.2. The topological polar surface area (TPSA) is 29.3 Å². The summed E-state index contributed by atoms with van der Waals surface area (Å²) in [4.78, 5) is 2.65. The third-order valence-corrected chi connectivity index (χ3v) is 5.69. The van der Waals surface area contributed by atoms with Gasteiger partial charge in [0.05, 0.1) is 0 Å². The first-order chi connectivity index (χ1) is 8.55. The highest BCUT2D eigenvalue weighted by Crippen LogP contribution is 2.35. The van der Waals surface area contributed by atoms with Crippen molar-refractivity contribution in [3.8, 4) is 0 Å². The fourth-order valence-electron chi connectivity index (χ4n) is 3.56. The van der Waals surface area contributed by atoms with Gasteiger partial charge < -0.3 is 10.6 Å². The molecule has 2 aliphatic rings. The van der Waals surface area contributed by atoms with Crippen LogP contribution in [-0.4, -0.2) is 30.1 Å². The van der Waals surface area contributed by atoms with Crippen LogP contribution in [0.1, 0.15) is 71.6 Å². The van der Waals surface area contributed by atoms with Crippen LogP contribution in [0.2, 0.25) is 0 Å². The van der Waals surface area contributed by atoms with Gasteiger partial charge in [0.15, 0.2) is 0 Å². The third-order valence-electron chi connectivity index (χ3n) is 5.69. The zero-order valence-corrected chi connectivity index (χ0v) is 12.5. The maximum absolute atomic E-state index is 6.53. The van der Waals surface area contributed by atoms with Crippen LogP contribution in [0.3, 0.4) is 0 Å². The van der Waals surface area contributed by atoms with Gasteiger partial charge >= 0.3 is 0 Å². The monoisotopic (exact) mass is 252 g/mol. The van der Waals surface area contributed by atoms with Crippen LogP contribution >= 0.6 is 0 Å². The van der Waals surface area contributed by atoms with Crippen molar-refractivity contribution in [1.82, 2.24) is 4.90 Å². The summed E-state index contributed by atoms with van der Waals surface area (Å²) in [5.74, 6) is 0. The van der Waals surface area contributed by atoms with Gasteiger partial charge in [-0.1, -0.05) is 39.5 Å². The molecule has 18 heavy (non-hydrogen) atoms. The molecule has 0 bridgehead atoms. The Morgan fingerprint density at radius 1 is 1.00 bits per heavy atom. The summed E-state index contributed by atoms with van der Waals surface area (Å²) in [5.41, 5.74) is 7.31. The largest absolute Gasteiger partial charge is 0.325 e. The number of piperidine rings is 1. The zero-order chi connectivity index (χ0) is 13.1. The van der Waals surface area contributed by atoms with E-state index in [4.69, 9.17) is 5.73 Å². The lowest BCUT2D eigenvalue weighted by atomic mass is 9.77. The molecule has 0 amide bonds. The van der Waals surface area contributed by atoms with Gasteiger partial charge in [-0.25, -0.2) is 0 Å². The molecule has 2 fully saturated rings. The summed E-state index contributed by atoms with van der Waals surface area (Å²) >= 11 is 0. The molecule has 2 nitrogen and oxygen atoms in total. The maximum Gasteiger partial charge on any atom is 0.0166 e. The van der Waals surface area contributed by atoms with E-state index in [0.717, 1.165) is 0 Å². The number of hydrogen-bond donors (Lipinski definition) is 1. The van der Waals surface area contributed by atoms with E-state index in [1.54, 1.807) is 0 Å². The number of nitrogens with two attached hydrogens (primary N) is 1. The molecule has 1 saturated carbocycles. The van der Waals surface area contributed by atoms with E-state index in [2.05, 4.69) is 18.7 Å². The first-order valence-electron chi connectivity index (χ1n) is 8.07. The van der Waals surface area contributed by atoms with Crippen molar-refractivity contribution in [3.63, 3.8) is 0 Å². The predicted molar refractivity (Wildman–Crippen MR) is 78.7 cm³/mol. The van der Waals surface area contributed by atoms with Crippen molar-refractivity contribution in [1.29, 1.82) is 0 Å². The summed E-state index contributed by atoms with van der Waals surface area (Å²) in [5, 5.41) is 0. The van der Waals surface area contributed by atoms with E-state index in [1.807, 2.05) is 0 Å². The Balaban J connectivity index is 1.72.